The third-order valence-electron chi connectivity index (χ3n) is 6.19. The zero-order valence-corrected chi connectivity index (χ0v) is 18.6. The van der Waals surface area contributed by atoms with Gasteiger partial charge < -0.3 is 14.9 Å². The number of carbonyl (C=O) groups is 1. The number of benzene rings is 1. The maximum Gasteiger partial charge on any atom is 0.256 e. The van der Waals surface area contributed by atoms with Crippen molar-refractivity contribution >= 4 is 5.91 Å². The third-order valence-corrected chi connectivity index (χ3v) is 6.19. The van der Waals surface area contributed by atoms with E-state index in [1.807, 2.05) is 12.1 Å². The first-order valence-electron chi connectivity index (χ1n) is 10.9. The first-order chi connectivity index (χ1) is 14.4. The van der Waals surface area contributed by atoms with E-state index >= 15 is 0 Å². The molecule has 6 nitrogen and oxygen atoms in total. The van der Waals surface area contributed by atoms with Gasteiger partial charge in [-0.15, -0.1) is 0 Å². The van der Waals surface area contributed by atoms with Crippen molar-refractivity contribution in [1.29, 1.82) is 0 Å². The van der Waals surface area contributed by atoms with Crippen molar-refractivity contribution in [3.63, 3.8) is 0 Å². The van der Waals surface area contributed by atoms with E-state index in [1.165, 1.54) is 17.7 Å². The summed E-state index contributed by atoms with van der Waals surface area (Å²) in [6, 6.07) is 7.46. The van der Waals surface area contributed by atoms with Crippen molar-refractivity contribution in [2.75, 3.05) is 33.7 Å². The Bertz CT molecular complexity index is 843. The van der Waals surface area contributed by atoms with Crippen LogP contribution in [0, 0.1) is 5.92 Å². The summed E-state index contributed by atoms with van der Waals surface area (Å²) in [5.41, 5.74) is 1.17. The fourth-order valence-corrected chi connectivity index (χ4v) is 4.53. The number of phenolic OH excluding ortho intramolecular Hbond substituents is 1. The quantitative estimate of drug-likeness (QED) is 0.754. The van der Waals surface area contributed by atoms with Crippen LogP contribution in [0.5, 0.6) is 5.75 Å². The molecule has 1 unspecified atom stereocenters. The molecule has 1 fully saturated rings. The van der Waals surface area contributed by atoms with Crippen LogP contribution in [-0.2, 0) is 5.41 Å². The molecule has 1 aromatic heterocycles. The van der Waals surface area contributed by atoms with Gasteiger partial charge in [-0.05, 0) is 56.0 Å². The van der Waals surface area contributed by atoms with Gasteiger partial charge in [-0.1, -0.05) is 32.4 Å². The molecule has 162 valence electrons. The molecule has 1 aromatic carbocycles. The molecule has 6 heteroatoms. The van der Waals surface area contributed by atoms with Crippen LogP contribution in [0.2, 0.25) is 0 Å². The summed E-state index contributed by atoms with van der Waals surface area (Å²) in [4.78, 5) is 25.6. The first-order valence-corrected chi connectivity index (χ1v) is 10.9. The van der Waals surface area contributed by atoms with Crippen molar-refractivity contribution in [2.24, 2.45) is 5.92 Å². The maximum absolute atomic E-state index is 12.2. The van der Waals surface area contributed by atoms with E-state index in [4.69, 9.17) is 0 Å². The van der Waals surface area contributed by atoms with E-state index in [0.29, 0.717) is 11.5 Å². The van der Waals surface area contributed by atoms with E-state index in [-0.39, 0.29) is 17.1 Å². The monoisotopic (exact) mass is 410 g/mol. The van der Waals surface area contributed by atoms with Gasteiger partial charge in [0.2, 0.25) is 0 Å². The summed E-state index contributed by atoms with van der Waals surface area (Å²) < 4.78 is 0. The number of carbonyl (C=O) groups excluding carboxylic acids is 1. The molecule has 1 saturated heterocycles. The van der Waals surface area contributed by atoms with Crippen LogP contribution in [0.3, 0.4) is 0 Å². The zero-order valence-electron chi connectivity index (χ0n) is 18.6. The number of nitrogens with zero attached hydrogens (tertiary/aromatic N) is 4. The Morgan fingerprint density at radius 1 is 1.23 bits per heavy atom. The molecule has 1 aliphatic rings. The molecule has 30 heavy (non-hydrogen) atoms. The van der Waals surface area contributed by atoms with Gasteiger partial charge in [-0.2, -0.15) is 0 Å². The average Bonchev–Trinajstić information content (AvgIpc) is 2.74. The molecule has 2 aromatic rings. The molecule has 0 bridgehead atoms. The smallest absolute Gasteiger partial charge is 0.256 e. The lowest BCUT2D eigenvalue weighted by Crippen LogP contribution is -2.45. The molecule has 1 aliphatic heterocycles. The first kappa shape index (κ1) is 22.2. The Morgan fingerprint density at radius 2 is 1.90 bits per heavy atom. The second kappa shape index (κ2) is 9.56. The highest BCUT2D eigenvalue weighted by molar-refractivity contribution is 5.93. The average molecular weight is 411 g/mol. The Labute approximate surface area is 180 Å². The SMILES string of the molecule is CCCC(C)CN1CCC(c2cccc(O)c2)(c2ncc(C(=O)N(C)C)cn2)CC1. The van der Waals surface area contributed by atoms with E-state index in [0.717, 1.165) is 43.9 Å². The van der Waals surface area contributed by atoms with Crippen LogP contribution in [0.25, 0.3) is 0 Å². The predicted molar refractivity (Wildman–Crippen MR) is 119 cm³/mol. The Hall–Kier alpha value is -2.47. The van der Waals surface area contributed by atoms with Crippen LogP contribution in [0.4, 0.5) is 0 Å². The van der Waals surface area contributed by atoms with Crippen LogP contribution >= 0.6 is 0 Å². The molecular formula is C24H34N4O2. The van der Waals surface area contributed by atoms with Gasteiger partial charge >= 0.3 is 0 Å². The summed E-state index contributed by atoms with van der Waals surface area (Å²) in [5, 5.41) is 10.1. The van der Waals surface area contributed by atoms with Gasteiger partial charge in [0.05, 0.1) is 11.0 Å². The lowest BCUT2D eigenvalue weighted by Gasteiger charge is -2.42. The summed E-state index contributed by atoms with van der Waals surface area (Å²) >= 11 is 0. The van der Waals surface area contributed by atoms with Gasteiger partial charge in [0.1, 0.15) is 11.6 Å². The number of phenols is 1. The van der Waals surface area contributed by atoms with Gasteiger partial charge in [-0.25, -0.2) is 9.97 Å². The number of hydrogen-bond donors (Lipinski definition) is 1. The second-order valence-corrected chi connectivity index (χ2v) is 8.82. The van der Waals surface area contributed by atoms with Crippen molar-refractivity contribution < 1.29 is 9.90 Å². The highest BCUT2D eigenvalue weighted by atomic mass is 16.3. The minimum Gasteiger partial charge on any atom is -0.508 e. The van der Waals surface area contributed by atoms with Crippen molar-refractivity contribution in [3.8, 4) is 5.75 Å². The van der Waals surface area contributed by atoms with E-state index < -0.39 is 0 Å². The molecule has 1 N–H and O–H groups in total. The number of aromatic nitrogens is 2. The molecule has 1 amide bonds. The molecule has 1 atom stereocenters. The topological polar surface area (TPSA) is 69.6 Å². The molecule has 0 aliphatic carbocycles. The van der Waals surface area contributed by atoms with E-state index in [9.17, 15) is 9.90 Å². The lowest BCUT2D eigenvalue weighted by molar-refractivity contribution is 0.0826. The zero-order chi connectivity index (χ0) is 21.7. The van der Waals surface area contributed by atoms with E-state index in [2.05, 4.69) is 34.8 Å². The van der Waals surface area contributed by atoms with Crippen LogP contribution in [0.1, 0.15) is 61.3 Å². The summed E-state index contributed by atoms with van der Waals surface area (Å²) in [6.45, 7) is 7.60. The van der Waals surface area contributed by atoms with Crippen LogP contribution in [0.15, 0.2) is 36.7 Å². The van der Waals surface area contributed by atoms with Crippen molar-refractivity contribution in [3.05, 3.63) is 53.6 Å². The second-order valence-electron chi connectivity index (χ2n) is 8.82. The Morgan fingerprint density at radius 3 is 2.47 bits per heavy atom. The summed E-state index contributed by atoms with van der Waals surface area (Å²) in [5.74, 6) is 1.57. The molecular weight excluding hydrogens is 376 g/mol. The number of piperidine rings is 1. The van der Waals surface area contributed by atoms with Gasteiger partial charge in [-0.3, -0.25) is 4.79 Å². The normalized spacial score (nSPS) is 17.5. The highest BCUT2D eigenvalue weighted by Crippen LogP contribution is 2.41. The number of aromatic hydroxyl groups is 1. The highest BCUT2D eigenvalue weighted by Gasteiger charge is 2.40. The molecule has 2 heterocycles. The van der Waals surface area contributed by atoms with Gasteiger partial charge in [0.25, 0.3) is 5.91 Å². The Balaban J connectivity index is 1.88. The minimum absolute atomic E-state index is 0.104. The minimum atomic E-state index is -0.358. The number of amides is 1. The van der Waals surface area contributed by atoms with Gasteiger partial charge in [0, 0.05) is 33.0 Å². The molecule has 0 spiro atoms. The predicted octanol–water partition coefficient (Wildman–Crippen LogP) is 3.70. The maximum atomic E-state index is 12.2. The lowest BCUT2D eigenvalue weighted by atomic mass is 9.71. The molecule has 0 saturated carbocycles. The number of likely N-dealkylation sites (tertiary alicyclic amines) is 1. The van der Waals surface area contributed by atoms with Crippen LogP contribution in [-0.4, -0.2) is 64.5 Å². The fraction of sp³-hybridized carbons (Fsp3) is 0.542. The van der Waals surface area contributed by atoms with E-state index in [1.54, 1.807) is 32.6 Å². The van der Waals surface area contributed by atoms with Crippen molar-refractivity contribution in [2.45, 2.75) is 44.9 Å². The standard InChI is InChI=1S/C24H34N4O2/c1-5-7-18(2)17-28-12-10-24(11-13-28,20-8-6-9-21(29)14-20)23-25-15-19(16-26-23)22(30)27(3)4/h6,8-9,14-16,18,29H,5,7,10-13,17H2,1-4H3. The fourth-order valence-electron chi connectivity index (χ4n) is 4.53. The van der Waals surface area contributed by atoms with Crippen LogP contribution < -0.4 is 0 Å². The molecule has 0 radical (unpaired) electrons. The van der Waals surface area contributed by atoms with Crippen molar-refractivity contribution in [1.82, 2.24) is 19.8 Å². The van der Waals surface area contributed by atoms with Gasteiger partial charge in [0.15, 0.2) is 0 Å². The number of hydrogen-bond acceptors (Lipinski definition) is 5. The summed E-state index contributed by atoms with van der Waals surface area (Å²) in [6.07, 6.45) is 7.50. The third kappa shape index (κ3) is 4.81. The summed E-state index contributed by atoms with van der Waals surface area (Å²) in [7, 11) is 3.44. The Kier molecular flexibility index (Phi) is 7.08. The largest absolute Gasteiger partial charge is 0.508 e. The molecule has 3 rings (SSSR count). The number of rotatable bonds is 7.